The highest BCUT2D eigenvalue weighted by Crippen LogP contribution is 2.28. The van der Waals surface area contributed by atoms with Crippen molar-refractivity contribution >= 4 is 5.91 Å². The maximum Gasteiger partial charge on any atom is 0.406 e. The smallest absolute Gasteiger partial charge is 0.332 e. The van der Waals surface area contributed by atoms with Gasteiger partial charge in [-0.05, 0) is 18.6 Å². The van der Waals surface area contributed by atoms with Crippen molar-refractivity contribution in [1.29, 1.82) is 0 Å². The molecule has 5 nitrogen and oxygen atoms in total. The number of imidazole rings is 1. The molecule has 0 spiro atoms. The number of likely N-dealkylation sites (tertiary alicyclic amines) is 1. The molecule has 0 bridgehead atoms. The molecule has 0 aliphatic carbocycles. The lowest BCUT2D eigenvalue weighted by Crippen LogP contribution is -2.36. The average molecular weight is 310 g/mol. The Hall–Kier alpha value is -2.38. The van der Waals surface area contributed by atoms with Gasteiger partial charge >= 0.3 is 6.18 Å². The van der Waals surface area contributed by atoms with Gasteiger partial charge in [0.25, 0.3) is 0 Å². The number of hydrogen-bond donors (Lipinski definition) is 0. The second-order valence-electron chi connectivity index (χ2n) is 5.10. The van der Waals surface area contributed by atoms with Gasteiger partial charge in [-0.25, -0.2) is 4.98 Å². The highest BCUT2D eigenvalue weighted by atomic mass is 19.4. The number of nitrogens with zero attached hydrogens (tertiary/aromatic N) is 4. The third-order valence-electron chi connectivity index (χ3n) is 3.53. The summed E-state index contributed by atoms with van der Waals surface area (Å²) in [5, 5.41) is 0. The van der Waals surface area contributed by atoms with Crippen LogP contribution in [0.5, 0.6) is 0 Å². The Kier molecular flexibility index (Phi) is 3.59. The summed E-state index contributed by atoms with van der Waals surface area (Å²) in [5.74, 6) is -0.526. The Balaban J connectivity index is 1.76. The van der Waals surface area contributed by atoms with Crippen LogP contribution in [0.4, 0.5) is 13.2 Å². The van der Waals surface area contributed by atoms with Crippen LogP contribution in [0.15, 0.2) is 36.9 Å². The van der Waals surface area contributed by atoms with E-state index >= 15 is 0 Å². The number of halogens is 3. The van der Waals surface area contributed by atoms with E-state index in [1.165, 1.54) is 6.33 Å². The van der Waals surface area contributed by atoms with Gasteiger partial charge in [-0.3, -0.25) is 9.78 Å². The quantitative estimate of drug-likeness (QED) is 0.874. The van der Waals surface area contributed by atoms with E-state index in [1.807, 2.05) is 6.07 Å². The first kappa shape index (κ1) is 14.6. The highest BCUT2D eigenvalue weighted by Gasteiger charge is 2.39. The monoisotopic (exact) mass is 310 g/mol. The van der Waals surface area contributed by atoms with E-state index in [4.69, 9.17) is 0 Å². The maximum atomic E-state index is 12.4. The summed E-state index contributed by atoms with van der Waals surface area (Å²) in [5.41, 5.74) is 1.24. The molecule has 3 heterocycles. The average Bonchev–Trinajstić information content (AvgIpc) is 3.07. The minimum Gasteiger partial charge on any atom is -0.332 e. The zero-order valence-electron chi connectivity index (χ0n) is 11.5. The second-order valence-corrected chi connectivity index (χ2v) is 5.10. The molecule has 1 fully saturated rings. The molecule has 0 aromatic carbocycles. The number of rotatable bonds is 3. The molecule has 8 heteroatoms. The fourth-order valence-corrected chi connectivity index (χ4v) is 2.53. The minimum atomic E-state index is -4.38. The van der Waals surface area contributed by atoms with Gasteiger partial charge in [0.2, 0.25) is 5.91 Å². The first-order chi connectivity index (χ1) is 10.4. The van der Waals surface area contributed by atoms with Gasteiger partial charge in [-0.1, -0.05) is 6.07 Å². The summed E-state index contributed by atoms with van der Waals surface area (Å²) in [7, 11) is 0. The SMILES string of the molecule is O=C1C(n2cnc(-c3ccccn3)c2)CCN1CC(F)(F)F. The van der Waals surface area contributed by atoms with Crippen molar-refractivity contribution in [3.8, 4) is 11.4 Å². The molecular formula is C14H13F3N4O. The molecule has 2 aromatic rings. The fraction of sp³-hybridized carbons (Fsp3) is 0.357. The Labute approximate surface area is 124 Å². The largest absolute Gasteiger partial charge is 0.406 e. The van der Waals surface area contributed by atoms with E-state index in [0.29, 0.717) is 17.8 Å². The molecule has 116 valence electrons. The topological polar surface area (TPSA) is 51.0 Å². The number of alkyl halides is 3. The zero-order valence-corrected chi connectivity index (χ0v) is 11.5. The van der Waals surface area contributed by atoms with Gasteiger partial charge in [-0.2, -0.15) is 13.2 Å². The summed E-state index contributed by atoms with van der Waals surface area (Å²) in [6.07, 6.45) is 0.692. The molecule has 1 unspecified atom stereocenters. The van der Waals surface area contributed by atoms with Gasteiger partial charge in [-0.15, -0.1) is 0 Å². The molecule has 1 amide bonds. The summed E-state index contributed by atoms with van der Waals surface area (Å²) < 4.78 is 38.8. The lowest BCUT2D eigenvalue weighted by atomic mass is 10.2. The molecule has 0 N–H and O–H groups in total. The molecule has 1 aliphatic heterocycles. The molecule has 22 heavy (non-hydrogen) atoms. The first-order valence-electron chi connectivity index (χ1n) is 6.74. The molecular weight excluding hydrogens is 297 g/mol. The van der Waals surface area contributed by atoms with E-state index in [2.05, 4.69) is 9.97 Å². The van der Waals surface area contributed by atoms with E-state index in [0.717, 1.165) is 4.90 Å². The third kappa shape index (κ3) is 2.95. The lowest BCUT2D eigenvalue weighted by molar-refractivity contribution is -0.158. The van der Waals surface area contributed by atoms with Crippen molar-refractivity contribution in [3.05, 3.63) is 36.9 Å². The molecule has 1 aliphatic rings. The molecule has 3 rings (SSSR count). The van der Waals surface area contributed by atoms with Crippen LogP contribution in [0, 0.1) is 0 Å². The van der Waals surface area contributed by atoms with Gasteiger partial charge in [0.15, 0.2) is 0 Å². The summed E-state index contributed by atoms with van der Waals surface area (Å²) in [6, 6.07) is 4.73. The standard InChI is InChI=1S/C14H13F3N4O/c15-14(16,17)8-20-6-4-12(13(20)22)21-7-11(19-9-21)10-3-1-2-5-18-10/h1-3,5,7,9,12H,4,6,8H2. The number of hydrogen-bond acceptors (Lipinski definition) is 3. The van der Waals surface area contributed by atoms with Crippen LogP contribution in [-0.2, 0) is 4.79 Å². The van der Waals surface area contributed by atoms with Crippen LogP contribution in [0.2, 0.25) is 0 Å². The van der Waals surface area contributed by atoms with Crippen molar-refractivity contribution in [2.45, 2.75) is 18.6 Å². The highest BCUT2D eigenvalue weighted by molar-refractivity contribution is 5.82. The van der Waals surface area contributed by atoms with Crippen molar-refractivity contribution in [3.63, 3.8) is 0 Å². The van der Waals surface area contributed by atoms with Crippen molar-refractivity contribution < 1.29 is 18.0 Å². The molecule has 1 atom stereocenters. The molecule has 0 saturated carbocycles. The first-order valence-corrected chi connectivity index (χ1v) is 6.74. The van der Waals surface area contributed by atoms with Crippen LogP contribution in [0.1, 0.15) is 12.5 Å². The Morgan fingerprint density at radius 2 is 2.05 bits per heavy atom. The normalized spacial score (nSPS) is 19.0. The van der Waals surface area contributed by atoms with Gasteiger partial charge in [0.05, 0.1) is 12.0 Å². The Morgan fingerprint density at radius 3 is 2.73 bits per heavy atom. The van der Waals surface area contributed by atoms with Crippen molar-refractivity contribution in [1.82, 2.24) is 19.4 Å². The third-order valence-corrected chi connectivity index (χ3v) is 3.53. The number of amides is 1. The van der Waals surface area contributed by atoms with E-state index < -0.39 is 24.7 Å². The van der Waals surface area contributed by atoms with E-state index in [1.54, 1.807) is 29.1 Å². The number of pyridine rings is 1. The van der Waals surface area contributed by atoms with Gasteiger partial charge in [0, 0.05) is 18.9 Å². The van der Waals surface area contributed by atoms with E-state index in [-0.39, 0.29) is 6.54 Å². The number of aromatic nitrogens is 3. The second kappa shape index (κ2) is 5.43. The predicted octanol–water partition coefficient (Wildman–Crippen LogP) is 2.28. The van der Waals surface area contributed by atoms with Crippen LogP contribution >= 0.6 is 0 Å². The lowest BCUT2D eigenvalue weighted by Gasteiger charge is -2.18. The van der Waals surface area contributed by atoms with Crippen LogP contribution in [0.3, 0.4) is 0 Å². The molecule has 0 radical (unpaired) electrons. The van der Waals surface area contributed by atoms with Crippen LogP contribution < -0.4 is 0 Å². The number of carbonyl (C=O) groups excluding carboxylic acids is 1. The Morgan fingerprint density at radius 1 is 1.23 bits per heavy atom. The summed E-state index contributed by atoms with van der Waals surface area (Å²) in [6.45, 7) is -1.11. The summed E-state index contributed by atoms with van der Waals surface area (Å²) in [4.78, 5) is 21.3. The van der Waals surface area contributed by atoms with Gasteiger partial charge in [0.1, 0.15) is 18.3 Å². The van der Waals surface area contributed by atoms with Crippen molar-refractivity contribution in [2.24, 2.45) is 0 Å². The zero-order chi connectivity index (χ0) is 15.7. The molecule has 1 saturated heterocycles. The predicted molar refractivity (Wildman–Crippen MR) is 71.7 cm³/mol. The van der Waals surface area contributed by atoms with E-state index in [9.17, 15) is 18.0 Å². The summed E-state index contributed by atoms with van der Waals surface area (Å²) >= 11 is 0. The van der Waals surface area contributed by atoms with Gasteiger partial charge < -0.3 is 9.47 Å². The van der Waals surface area contributed by atoms with Crippen LogP contribution in [0.25, 0.3) is 11.4 Å². The maximum absolute atomic E-state index is 12.4. The molecule has 2 aromatic heterocycles. The number of carbonyl (C=O) groups is 1. The fourth-order valence-electron chi connectivity index (χ4n) is 2.53. The Bertz CT molecular complexity index is 668. The van der Waals surface area contributed by atoms with Crippen LogP contribution in [-0.4, -0.2) is 44.6 Å². The minimum absolute atomic E-state index is 0.0973. The van der Waals surface area contributed by atoms with Crippen molar-refractivity contribution in [2.75, 3.05) is 13.1 Å².